The van der Waals surface area contributed by atoms with Gasteiger partial charge in [-0.3, -0.25) is 0 Å². The van der Waals surface area contributed by atoms with E-state index < -0.39 is 0 Å². The smallest absolute Gasteiger partial charge is 0.137 e. The monoisotopic (exact) mass is 350 g/mol. The number of aryl methyl sites for hydroxylation is 3. The third-order valence-electron chi connectivity index (χ3n) is 4.51. The van der Waals surface area contributed by atoms with Gasteiger partial charge in [-0.1, -0.05) is 47.1 Å². The Morgan fingerprint density at radius 1 is 0.923 bits per heavy atom. The van der Waals surface area contributed by atoms with Crippen LogP contribution in [0.2, 0.25) is 0 Å². The third-order valence-corrected chi connectivity index (χ3v) is 4.51. The van der Waals surface area contributed by atoms with Crippen LogP contribution in [-0.2, 0) is 19.6 Å². The zero-order valence-corrected chi connectivity index (χ0v) is 15.7. The Labute approximate surface area is 155 Å². The summed E-state index contributed by atoms with van der Waals surface area (Å²) in [5.41, 5.74) is 5.88. The highest BCUT2D eigenvalue weighted by Gasteiger charge is 2.07. The second-order valence-electron chi connectivity index (χ2n) is 6.65. The maximum absolute atomic E-state index is 5.85. The predicted molar refractivity (Wildman–Crippen MR) is 103 cm³/mol. The number of ether oxygens (including phenoxy) is 1. The van der Waals surface area contributed by atoms with E-state index >= 15 is 0 Å². The van der Waals surface area contributed by atoms with Crippen molar-refractivity contribution < 1.29 is 9.26 Å². The SMILES string of the molecule is Cc1ccc(COc2ccc(CNCCc3c(C)noc3C)cc2)cc1. The van der Waals surface area contributed by atoms with Crippen LogP contribution in [0.4, 0.5) is 0 Å². The number of nitrogens with one attached hydrogen (secondary N) is 1. The molecule has 0 amide bonds. The molecule has 0 bridgehead atoms. The van der Waals surface area contributed by atoms with Crippen LogP contribution in [-0.4, -0.2) is 11.7 Å². The van der Waals surface area contributed by atoms with E-state index in [0.29, 0.717) is 6.61 Å². The van der Waals surface area contributed by atoms with Crippen molar-refractivity contribution in [3.05, 3.63) is 82.2 Å². The molecule has 0 fully saturated rings. The molecule has 0 aliphatic rings. The van der Waals surface area contributed by atoms with E-state index in [-0.39, 0.29) is 0 Å². The third kappa shape index (κ3) is 4.96. The second kappa shape index (κ2) is 8.68. The summed E-state index contributed by atoms with van der Waals surface area (Å²) in [5, 5.41) is 7.46. The summed E-state index contributed by atoms with van der Waals surface area (Å²) in [6, 6.07) is 16.7. The summed E-state index contributed by atoms with van der Waals surface area (Å²) in [5.74, 6) is 1.81. The minimum atomic E-state index is 0.593. The molecule has 0 aliphatic heterocycles. The van der Waals surface area contributed by atoms with Crippen LogP contribution < -0.4 is 10.1 Å². The molecule has 26 heavy (non-hydrogen) atoms. The number of benzene rings is 2. The maximum Gasteiger partial charge on any atom is 0.137 e. The predicted octanol–water partition coefficient (Wildman–Crippen LogP) is 4.51. The number of rotatable bonds is 8. The highest BCUT2D eigenvalue weighted by molar-refractivity contribution is 5.28. The summed E-state index contributed by atoms with van der Waals surface area (Å²) in [7, 11) is 0. The largest absolute Gasteiger partial charge is 0.489 e. The van der Waals surface area contributed by atoms with Crippen molar-refractivity contribution >= 4 is 0 Å². The number of nitrogens with zero attached hydrogens (tertiary/aromatic N) is 1. The molecule has 3 rings (SSSR count). The quantitative estimate of drug-likeness (QED) is 0.607. The highest BCUT2D eigenvalue weighted by Crippen LogP contribution is 2.15. The molecule has 2 aromatic carbocycles. The average Bonchev–Trinajstić information content (AvgIpc) is 2.97. The molecule has 4 heteroatoms. The van der Waals surface area contributed by atoms with Gasteiger partial charge in [0.25, 0.3) is 0 Å². The average molecular weight is 350 g/mol. The Hall–Kier alpha value is -2.59. The van der Waals surface area contributed by atoms with E-state index in [0.717, 1.165) is 36.7 Å². The van der Waals surface area contributed by atoms with Gasteiger partial charge in [0.2, 0.25) is 0 Å². The maximum atomic E-state index is 5.85. The first kappa shape index (κ1) is 18.2. The zero-order chi connectivity index (χ0) is 18.4. The lowest BCUT2D eigenvalue weighted by atomic mass is 10.1. The highest BCUT2D eigenvalue weighted by atomic mass is 16.5. The molecule has 0 aliphatic carbocycles. The van der Waals surface area contributed by atoms with Gasteiger partial charge < -0.3 is 14.6 Å². The van der Waals surface area contributed by atoms with Gasteiger partial charge in [0, 0.05) is 12.1 Å². The van der Waals surface area contributed by atoms with Crippen LogP contribution in [0.25, 0.3) is 0 Å². The Morgan fingerprint density at radius 3 is 2.27 bits per heavy atom. The van der Waals surface area contributed by atoms with Crippen molar-refractivity contribution in [3.63, 3.8) is 0 Å². The van der Waals surface area contributed by atoms with Crippen molar-refractivity contribution in [1.29, 1.82) is 0 Å². The molecular weight excluding hydrogens is 324 g/mol. The molecule has 1 N–H and O–H groups in total. The fourth-order valence-corrected chi connectivity index (χ4v) is 2.86. The van der Waals surface area contributed by atoms with E-state index in [4.69, 9.17) is 9.26 Å². The minimum absolute atomic E-state index is 0.593. The lowest BCUT2D eigenvalue weighted by Gasteiger charge is -2.09. The van der Waals surface area contributed by atoms with Crippen LogP contribution >= 0.6 is 0 Å². The summed E-state index contributed by atoms with van der Waals surface area (Å²) < 4.78 is 11.0. The van der Waals surface area contributed by atoms with Gasteiger partial charge in [-0.15, -0.1) is 0 Å². The first-order valence-electron chi connectivity index (χ1n) is 9.01. The van der Waals surface area contributed by atoms with Gasteiger partial charge in [0.15, 0.2) is 0 Å². The Balaban J connectivity index is 1.42. The molecule has 0 radical (unpaired) electrons. The molecule has 0 unspecified atom stereocenters. The molecule has 4 nitrogen and oxygen atoms in total. The second-order valence-corrected chi connectivity index (χ2v) is 6.65. The Morgan fingerprint density at radius 2 is 1.62 bits per heavy atom. The molecule has 3 aromatic rings. The summed E-state index contributed by atoms with van der Waals surface area (Å²) in [6.45, 7) is 8.36. The van der Waals surface area contributed by atoms with Crippen LogP contribution in [0, 0.1) is 20.8 Å². The molecule has 1 heterocycles. The molecular formula is C22H26N2O2. The van der Waals surface area contributed by atoms with Gasteiger partial charge in [0.05, 0.1) is 5.69 Å². The van der Waals surface area contributed by atoms with Crippen LogP contribution in [0.15, 0.2) is 53.1 Å². The lowest BCUT2D eigenvalue weighted by Crippen LogP contribution is -2.17. The summed E-state index contributed by atoms with van der Waals surface area (Å²) in [4.78, 5) is 0. The topological polar surface area (TPSA) is 47.3 Å². The van der Waals surface area contributed by atoms with Crippen molar-refractivity contribution in [2.75, 3.05) is 6.54 Å². The first-order chi connectivity index (χ1) is 12.6. The molecule has 0 saturated heterocycles. The van der Waals surface area contributed by atoms with Crippen molar-refractivity contribution in [3.8, 4) is 5.75 Å². The van der Waals surface area contributed by atoms with E-state index in [2.05, 4.69) is 53.8 Å². The number of aromatic nitrogens is 1. The Kier molecular flexibility index (Phi) is 6.08. The van der Waals surface area contributed by atoms with Gasteiger partial charge >= 0.3 is 0 Å². The fourth-order valence-electron chi connectivity index (χ4n) is 2.86. The lowest BCUT2D eigenvalue weighted by molar-refractivity contribution is 0.306. The number of hydrogen-bond donors (Lipinski definition) is 1. The number of hydrogen-bond acceptors (Lipinski definition) is 4. The van der Waals surface area contributed by atoms with Crippen LogP contribution in [0.1, 0.15) is 33.7 Å². The van der Waals surface area contributed by atoms with Gasteiger partial charge in [0.1, 0.15) is 18.1 Å². The van der Waals surface area contributed by atoms with E-state index in [1.807, 2.05) is 26.0 Å². The molecule has 136 valence electrons. The van der Waals surface area contributed by atoms with Gasteiger partial charge in [-0.05, 0) is 57.0 Å². The fraction of sp³-hybridized carbons (Fsp3) is 0.318. The first-order valence-corrected chi connectivity index (χ1v) is 9.01. The molecule has 0 saturated carbocycles. The minimum Gasteiger partial charge on any atom is -0.489 e. The van der Waals surface area contributed by atoms with E-state index in [1.54, 1.807) is 0 Å². The van der Waals surface area contributed by atoms with Crippen molar-refractivity contribution in [2.24, 2.45) is 0 Å². The van der Waals surface area contributed by atoms with E-state index in [9.17, 15) is 0 Å². The molecule has 1 aromatic heterocycles. The van der Waals surface area contributed by atoms with Crippen LogP contribution in [0.3, 0.4) is 0 Å². The van der Waals surface area contributed by atoms with Gasteiger partial charge in [-0.25, -0.2) is 0 Å². The zero-order valence-electron chi connectivity index (χ0n) is 15.7. The van der Waals surface area contributed by atoms with Crippen molar-refractivity contribution in [1.82, 2.24) is 10.5 Å². The normalized spacial score (nSPS) is 10.9. The van der Waals surface area contributed by atoms with Crippen LogP contribution in [0.5, 0.6) is 5.75 Å². The standard InChI is InChI=1S/C22H26N2O2/c1-16-4-6-20(7-5-16)15-25-21-10-8-19(9-11-21)14-23-13-12-22-17(2)24-26-18(22)3/h4-11,23H,12-15H2,1-3H3. The summed E-state index contributed by atoms with van der Waals surface area (Å²) >= 11 is 0. The molecule has 0 atom stereocenters. The van der Waals surface area contributed by atoms with E-state index in [1.165, 1.54) is 22.3 Å². The Bertz CT molecular complexity index is 801. The van der Waals surface area contributed by atoms with Gasteiger partial charge in [-0.2, -0.15) is 0 Å². The molecule has 0 spiro atoms. The van der Waals surface area contributed by atoms with Crippen molar-refractivity contribution in [2.45, 2.75) is 40.3 Å². The summed E-state index contributed by atoms with van der Waals surface area (Å²) in [6.07, 6.45) is 0.929.